The van der Waals surface area contributed by atoms with E-state index in [0.29, 0.717) is 6.04 Å². The summed E-state index contributed by atoms with van der Waals surface area (Å²) in [5.74, 6) is 1.33. The molecule has 1 nitrogen and oxygen atoms in total. The summed E-state index contributed by atoms with van der Waals surface area (Å²) < 4.78 is 0. The Morgan fingerprint density at radius 3 is 2.82 bits per heavy atom. The Labute approximate surface area is 73.6 Å². The highest BCUT2D eigenvalue weighted by molar-refractivity contribution is 8.00. The number of rotatable bonds is 3. The van der Waals surface area contributed by atoms with Gasteiger partial charge in [-0.1, -0.05) is 12.2 Å². The largest absolute Gasteiger partial charge is 0.312 e. The number of nitrogens with one attached hydrogen (secondary N) is 1. The van der Waals surface area contributed by atoms with E-state index in [1.165, 1.54) is 24.2 Å². The average molecular weight is 171 g/mol. The van der Waals surface area contributed by atoms with Crippen molar-refractivity contribution in [2.45, 2.75) is 31.1 Å². The molecule has 1 fully saturated rings. The molecule has 0 spiro atoms. The van der Waals surface area contributed by atoms with Crippen molar-refractivity contribution in [3.05, 3.63) is 12.2 Å². The highest BCUT2D eigenvalue weighted by Crippen LogP contribution is 2.30. The second-order valence-electron chi connectivity index (χ2n) is 3.16. The standard InChI is InChI=1S/C9H17NS/c1-7(2)9(10-3)8-5-4-6-11-8/h8-10H,1,4-6H2,2-3H3. The van der Waals surface area contributed by atoms with Crippen LogP contribution in [0.15, 0.2) is 12.2 Å². The van der Waals surface area contributed by atoms with Crippen molar-refractivity contribution in [1.29, 1.82) is 0 Å². The van der Waals surface area contributed by atoms with Crippen LogP contribution in [0.5, 0.6) is 0 Å². The summed E-state index contributed by atoms with van der Waals surface area (Å²) in [5, 5.41) is 4.10. The minimum atomic E-state index is 0.530. The second-order valence-corrected chi connectivity index (χ2v) is 4.51. The van der Waals surface area contributed by atoms with Crippen molar-refractivity contribution >= 4 is 11.8 Å². The van der Waals surface area contributed by atoms with Crippen LogP contribution in [0, 0.1) is 0 Å². The molecule has 2 heteroatoms. The fourth-order valence-corrected chi connectivity index (χ4v) is 3.15. The van der Waals surface area contributed by atoms with E-state index in [1.54, 1.807) is 0 Å². The van der Waals surface area contributed by atoms with E-state index < -0.39 is 0 Å². The molecule has 0 aromatic rings. The van der Waals surface area contributed by atoms with Crippen LogP contribution in [-0.2, 0) is 0 Å². The zero-order valence-electron chi connectivity index (χ0n) is 7.39. The molecule has 0 aromatic heterocycles. The van der Waals surface area contributed by atoms with Gasteiger partial charge in [-0.2, -0.15) is 11.8 Å². The van der Waals surface area contributed by atoms with Crippen LogP contribution < -0.4 is 5.32 Å². The number of hydrogen-bond donors (Lipinski definition) is 1. The summed E-state index contributed by atoms with van der Waals surface area (Å²) in [5.41, 5.74) is 1.27. The SMILES string of the molecule is C=C(C)C(NC)C1CCCS1. The monoisotopic (exact) mass is 171 g/mol. The summed E-state index contributed by atoms with van der Waals surface area (Å²) in [6.45, 7) is 6.11. The molecule has 1 aliphatic heterocycles. The molecule has 2 unspecified atom stereocenters. The molecule has 1 aliphatic rings. The zero-order chi connectivity index (χ0) is 8.27. The first kappa shape index (κ1) is 9.14. The molecule has 11 heavy (non-hydrogen) atoms. The average Bonchev–Trinajstić information content (AvgIpc) is 2.40. The molecule has 0 radical (unpaired) electrons. The lowest BCUT2D eigenvalue weighted by Gasteiger charge is -2.22. The maximum Gasteiger partial charge on any atom is 0.0391 e. The Kier molecular flexibility index (Phi) is 3.46. The molecular weight excluding hydrogens is 154 g/mol. The predicted molar refractivity (Wildman–Crippen MR) is 53.1 cm³/mol. The quantitative estimate of drug-likeness (QED) is 0.652. The molecule has 0 saturated carbocycles. The normalized spacial score (nSPS) is 26.9. The fourth-order valence-electron chi connectivity index (χ4n) is 1.62. The van der Waals surface area contributed by atoms with Gasteiger partial charge in [-0.3, -0.25) is 0 Å². The van der Waals surface area contributed by atoms with Gasteiger partial charge in [0.05, 0.1) is 0 Å². The van der Waals surface area contributed by atoms with Crippen LogP contribution in [0.3, 0.4) is 0 Å². The topological polar surface area (TPSA) is 12.0 Å². The van der Waals surface area contributed by atoms with Crippen LogP contribution in [0.4, 0.5) is 0 Å². The zero-order valence-corrected chi connectivity index (χ0v) is 8.21. The number of hydrogen-bond acceptors (Lipinski definition) is 2. The van der Waals surface area contributed by atoms with E-state index >= 15 is 0 Å². The van der Waals surface area contributed by atoms with Gasteiger partial charge in [0, 0.05) is 11.3 Å². The number of thioether (sulfide) groups is 1. The minimum absolute atomic E-state index is 0.530. The van der Waals surface area contributed by atoms with Crippen molar-refractivity contribution in [2.75, 3.05) is 12.8 Å². The maximum atomic E-state index is 4.00. The van der Waals surface area contributed by atoms with Crippen LogP contribution in [0.2, 0.25) is 0 Å². The van der Waals surface area contributed by atoms with Crippen LogP contribution in [-0.4, -0.2) is 24.1 Å². The van der Waals surface area contributed by atoms with Crippen molar-refractivity contribution in [3.8, 4) is 0 Å². The Morgan fingerprint density at radius 2 is 2.45 bits per heavy atom. The highest BCUT2D eigenvalue weighted by Gasteiger charge is 2.24. The smallest absolute Gasteiger partial charge is 0.0391 e. The first-order chi connectivity index (χ1) is 5.25. The molecular formula is C9H17NS. The van der Waals surface area contributed by atoms with Crippen molar-refractivity contribution in [1.82, 2.24) is 5.32 Å². The van der Waals surface area contributed by atoms with Gasteiger partial charge in [0.25, 0.3) is 0 Å². The first-order valence-corrected chi connectivity index (χ1v) is 5.25. The third-order valence-electron chi connectivity index (χ3n) is 2.18. The van der Waals surface area contributed by atoms with Gasteiger partial charge in [-0.25, -0.2) is 0 Å². The van der Waals surface area contributed by atoms with Gasteiger partial charge >= 0.3 is 0 Å². The first-order valence-electron chi connectivity index (χ1n) is 4.20. The van der Waals surface area contributed by atoms with Crippen molar-refractivity contribution < 1.29 is 0 Å². The Bertz CT molecular complexity index is 138. The summed E-state index contributed by atoms with van der Waals surface area (Å²) >= 11 is 2.08. The Hall–Kier alpha value is 0.0500. The van der Waals surface area contributed by atoms with Gasteiger partial charge < -0.3 is 5.32 Å². The lowest BCUT2D eigenvalue weighted by Crippen LogP contribution is -2.35. The van der Waals surface area contributed by atoms with Crippen molar-refractivity contribution in [3.63, 3.8) is 0 Å². The Balaban J connectivity index is 2.46. The third kappa shape index (κ3) is 2.24. The van der Waals surface area contributed by atoms with Crippen molar-refractivity contribution in [2.24, 2.45) is 0 Å². The number of likely N-dealkylation sites (N-methyl/N-ethyl adjacent to an activating group) is 1. The molecule has 64 valence electrons. The summed E-state index contributed by atoms with van der Waals surface area (Å²) in [6, 6.07) is 0.530. The maximum absolute atomic E-state index is 4.00. The fraction of sp³-hybridized carbons (Fsp3) is 0.778. The predicted octanol–water partition coefficient (Wildman–Crippen LogP) is 2.05. The summed E-state index contributed by atoms with van der Waals surface area (Å²) in [7, 11) is 2.03. The van der Waals surface area contributed by atoms with Crippen LogP contribution in [0.1, 0.15) is 19.8 Å². The van der Waals surface area contributed by atoms with Gasteiger partial charge in [-0.05, 0) is 32.6 Å². The molecule has 1 saturated heterocycles. The lowest BCUT2D eigenvalue weighted by atomic mass is 10.0. The van der Waals surface area contributed by atoms with Gasteiger partial charge in [0.1, 0.15) is 0 Å². The van der Waals surface area contributed by atoms with E-state index in [0.717, 1.165) is 5.25 Å². The molecule has 0 amide bonds. The second kappa shape index (κ2) is 4.17. The molecule has 0 aromatic carbocycles. The van der Waals surface area contributed by atoms with E-state index in [1.807, 2.05) is 7.05 Å². The molecule has 1 heterocycles. The van der Waals surface area contributed by atoms with Crippen LogP contribution in [0.25, 0.3) is 0 Å². The molecule has 1 N–H and O–H groups in total. The van der Waals surface area contributed by atoms with E-state index in [4.69, 9.17) is 0 Å². The molecule has 1 rings (SSSR count). The van der Waals surface area contributed by atoms with Gasteiger partial charge in [0.2, 0.25) is 0 Å². The summed E-state index contributed by atoms with van der Waals surface area (Å²) in [4.78, 5) is 0. The summed E-state index contributed by atoms with van der Waals surface area (Å²) in [6.07, 6.45) is 2.73. The molecule has 0 bridgehead atoms. The van der Waals surface area contributed by atoms with Crippen LogP contribution >= 0.6 is 11.8 Å². The molecule has 0 aliphatic carbocycles. The lowest BCUT2D eigenvalue weighted by molar-refractivity contribution is 0.589. The van der Waals surface area contributed by atoms with Gasteiger partial charge in [0.15, 0.2) is 0 Å². The van der Waals surface area contributed by atoms with E-state index in [9.17, 15) is 0 Å². The minimum Gasteiger partial charge on any atom is -0.312 e. The van der Waals surface area contributed by atoms with E-state index in [2.05, 4.69) is 30.6 Å². The van der Waals surface area contributed by atoms with Gasteiger partial charge in [-0.15, -0.1) is 0 Å². The third-order valence-corrected chi connectivity index (χ3v) is 3.64. The van der Waals surface area contributed by atoms with E-state index in [-0.39, 0.29) is 0 Å². The highest BCUT2D eigenvalue weighted by atomic mass is 32.2. The molecule has 2 atom stereocenters. The Morgan fingerprint density at radius 1 is 1.73 bits per heavy atom.